The van der Waals surface area contributed by atoms with Gasteiger partial charge in [-0.1, -0.05) is 18.3 Å². The molecule has 3 nitrogen and oxygen atoms in total. The van der Waals surface area contributed by atoms with Gasteiger partial charge in [0.1, 0.15) is 10.8 Å². The van der Waals surface area contributed by atoms with Crippen LogP contribution in [0.15, 0.2) is 18.2 Å². The van der Waals surface area contributed by atoms with Gasteiger partial charge in [0.15, 0.2) is 0 Å². The first-order chi connectivity index (χ1) is 7.81. The zero-order valence-electron chi connectivity index (χ0n) is 10.2. The lowest BCUT2D eigenvalue weighted by atomic mass is 10.0. The van der Waals surface area contributed by atoms with Crippen LogP contribution in [-0.4, -0.2) is 29.3 Å². The molecular formula is C12H17FN2OS. The highest BCUT2D eigenvalue weighted by atomic mass is 32.1. The number of hydrogen-bond donors (Lipinski definition) is 2. The molecular weight excluding hydrogens is 239 g/mol. The maximum absolute atomic E-state index is 13.7. The summed E-state index contributed by atoms with van der Waals surface area (Å²) in [4.78, 5) is 1.78. The molecule has 0 unspecified atom stereocenters. The van der Waals surface area contributed by atoms with Gasteiger partial charge in [-0.2, -0.15) is 0 Å². The van der Waals surface area contributed by atoms with Crippen molar-refractivity contribution in [3.05, 3.63) is 29.6 Å². The number of anilines is 1. The topological polar surface area (TPSA) is 49.5 Å². The highest BCUT2D eigenvalue weighted by Gasteiger charge is 2.26. The van der Waals surface area contributed by atoms with Crippen LogP contribution < -0.4 is 10.6 Å². The van der Waals surface area contributed by atoms with Gasteiger partial charge in [0, 0.05) is 7.05 Å². The Morgan fingerprint density at radius 1 is 1.53 bits per heavy atom. The third kappa shape index (κ3) is 2.73. The van der Waals surface area contributed by atoms with Gasteiger partial charge in [0.05, 0.1) is 23.4 Å². The molecule has 0 aliphatic rings. The van der Waals surface area contributed by atoms with E-state index in [1.54, 1.807) is 24.1 Å². The molecule has 0 saturated heterocycles. The molecule has 0 aliphatic heterocycles. The first kappa shape index (κ1) is 13.9. The molecule has 0 bridgehead atoms. The van der Waals surface area contributed by atoms with E-state index in [-0.39, 0.29) is 17.2 Å². The Labute approximate surface area is 106 Å². The van der Waals surface area contributed by atoms with Crippen molar-refractivity contribution < 1.29 is 9.50 Å². The SMILES string of the molecule is CN(c1cccc(F)c1C(N)=S)C(C)(C)CO. The highest BCUT2D eigenvalue weighted by Crippen LogP contribution is 2.27. The van der Waals surface area contributed by atoms with Crippen molar-refractivity contribution in [3.8, 4) is 0 Å². The molecule has 0 saturated carbocycles. The van der Waals surface area contributed by atoms with Crippen LogP contribution in [-0.2, 0) is 0 Å². The van der Waals surface area contributed by atoms with E-state index in [2.05, 4.69) is 0 Å². The molecule has 0 atom stereocenters. The second-order valence-electron chi connectivity index (χ2n) is 4.53. The summed E-state index contributed by atoms with van der Waals surface area (Å²) in [5, 5.41) is 9.33. The number of thiocarbonyl (C=S) groups is 1. The number of benzene rings is 1. The molecule has 0 radical (unpaired) electrons. The Morgan fingerprint density at radius 2 is 2.12 bits per heavy atom. The zero-order valence-corrected chi connectivity index (χ0v) is 11.0. The van der Waals surface area contributed by atoms with Crippen molar-refractivity contribution in [1.82, 2.24) is 0 Å². The average Bonchev–Trinajstić information content (AvgIpc) is 2.27. The van der Waals surface area contributed by atoms with Gasteiger partial charge in [-0.05, 0) is 26.0 Å². The average molecular weight is 256 g/mol. The Bertz CT molecular complexity index is 435. The summed E-state index contributed by atoms with van der Waals surface area (Å²) in [6, 6.07) is 4.64. The van der Waals surface area contributed by atoms with Crippen molar-refractivity contribution in [2.24, 2.45) is 5.73 Å². The van der Waals surface area contributed by atoms with Crippen LogP contribution in [0.2, 0.25) is 0 Å². The third-order valence-electron chi connectivity index (χ3n) is 2.89. The summed E-state index contributed by atoms with van der Waals surface area (Å²) < 4.78 is 13.7. The Morgan fingerprint density at radius 3 is 2.59 bits per heavy atom. The number of halogens is 1. The number of nitrogens with zero attached hydrogens (tertiary/aromatic N) is 1. The van der Waals surface area contributed by atoms with E-state index in [0.717, 1.165) is 0 Å². The fraction of sp³-hybridized carbons (Fsp3) is 0.417. The lowest BCUT2D eigenvalue weighted by Gasteiger charge is -2.37. The number of hydrogen-bond acceptors (Lipinski definition) is 3. The van der Waals surface area contributed by atoms with Crippen LogP contribution in [0.1, 0.15) is 19.4 Å². The van der Waals surface area contributed by atoms with Crippen LogP contribution in [0.3, 0.4) is 0 Å². The van der Waals surface area contributed by atoms with E-state index >= 15 is 0 Å². The number of nitrogens with two attached hydrogens (primary N) is 1. The largest absolute Gasteiger partial charge is 0.394 e. The smallest absolute Gasteiger partial charge is 0.135 e. The molecule has 0 amide bonds. The summed E-state index contributed by atoms with van der Waals surface area (Å²) in [7, 11) is 1.77. The second-order valence-corrected chi connectivity index (χ2v) is 4.97. The maximum atomic E-state index is 13.7. The molecule has 1 aromatic carbocycles. The molecule has 0 aliphatic carbocycles. The van der Waals surface area contributed by atoms with Crippen molar-refractivity contribution in [1.29, 1.82) is 0 Å². The molecule has 0 fully saturated rings. The lowest BCUT2D eigenvalue weighted by Crippen LogP contribution is -2.45. The number of likely N-dealkylation sites (N-methyl/N-ethyl adjacent to an activating group) is 1. The standard InChI is InChI=1S/C12H17FN2OS/c1-12(2,7-16)15(3)9-6-4-5-8(13)10(9)11(14)17/h4-6,16H,7H2,1-3H3,(H2,14,17). The van der Waals surface area contributed by atoms with E-state index in [0.29, 0.717) is 5.69 Å². The van der Waals surface area contributed by atoms with Crippen LogP contribution in [0, 0.1) is 5.82 Å². The lowest BCUT2D eigenvalue weighted by molar-refractivity contribution is 0.216. The maximum Gasteiger partial charge on any atom is 0.135 e. The van der Waals surface area contributed by atoms with Gasteiger partial charge in [0.25, 0.3) is 0 Å². The number of aliphatic hydroxyl groups is 1. The zero-order chi connectivity index (χ0) is 13.2. The summed E-state index contributed by atoms with van der Waals surface area (Å²) in [5.74, 6) is -0.449. The molecule has 17 heavy (non-hydrogen) atoms. The molecule has 3 N–H and O–H groups in total. The minimum Gasteiger partial charge on any atom is -0.394 e. The minimum atomic E-state index is -0.521. The van der Waals surface area contributed by atoms with Crippen LogP contribution in [0.25, 0.3) is 0 Å². The van der Waals surface area contributed by atoms with E-state index in [1.165, 1.54) is 6.07 Å². The van der Waals surface area contributed by atoms with Crippen molar-refractivity contribution in [3.63, 3.8) is 0 Å². The van der Waals surface area contributed by atoms with E-state index in [1.807, 2.05) is 13.8 Å². The number of aliphatic hydroxyl groups excluding tert-OH is 1. The first-order valence-corrected chi connectivity index (χ1v) is 5.65. The summed E-state index contributed by atoms with van der Waals surface area (Å²) >= 11 is 4.86. The molecule has 0 heterocycles. The quantitative estimate of drug-likeness (QED) is 0.805. The fourth-order valence-corrected chi connectivity index (χ4v) is 1.67. The Balaban J connectivity index is 3.32. The third-order valence-corrected chi connectivity index (χ3v) is 3.10. The van der Waals surface area contributed by atoms with Gasteiger partial charge in [-0.25, -0.2) is 4.39 Å². The number of rotatable bonds is 4. The molecule has 1 aromatic rings. The van der Waals surface area contributed by atoms with Gasteiger partial charge in [-0.15, -0.1) is 0 Å². The van der Waals surface area contributed by atoms with Gasteiger partial charge in [-0.3, -0.25) is 0 Å². The Hall–Kier alpha value is -1.20. The Kier molecular flexibility index (Phi) is 4.06. The summed E-state index contributed by atoms with van der Waals surface area (Å²) in [6.07, 6.45) is 0. The monoisotopic (exact) mass is 256 g/mol. The molecule has 1 rings (SSSR count). The fourth-order valence-electron chi connectivity index (χ4n) is 1.47. The predicted molar refractivity (Wildman–Crippen MR) is 71.9 cm³/mol. The molecule has 5 heteroatoms. The molecule has 94 valence electrons. The molecule has 0 spiro atoms. The van der Waals surface area contributed by atoms with E-state index in [9.17, 15) is 9.50 Å². The summed E-state index contributed by atoms with van der Waals surface area (Å²) in [5.41, 5.74) is 5.81. The van der Waals surface area contributed by atoms with Crippen molar-refractivity contribution in [2.75, 3.05) is 18.6 Å². The van der Waals surface area contributed by atoms with Crippen LogP contribution in [0.5, 0.6) is 0 Å². The van der Waals surface area contributed by atoms with Crippen molar-refractivity contribution in [2.45, 2.75) is 19.4 Å². The summed E-state index contributed by atoms with van der Waals surface area (Å²) in [6.45, 7) is 3.64. The van der Waals surface area contributed by atoms with Crippen LogP contribution in [0.4, 0.5) is 10.1 Å². The van der Waals surface area contributed by atoms with E-state index in [4.69, 9.17) is 18.0 Å². The minimum absolute atomic E-state index is 0.0127. The van der Waals surface area contributed by atoms with Gasteiger partial charge in [0.2, 0.25) is 0 Å². The molecule has 0 aromatic heterocycles. The van der Waals surface area contributed by atoms with E-state index < -0.39 is 11.4 Å². The van der Waals surface area contributed by atoms with Crippen LogP contribution >= 0.6 is 12.2 Å². The van der Waals surface area contributed by atoms with Gasteiger partial charge < -0.3 is 15.7 Å². The normalized spacial score (nSPS) is 11.4. The second kappa shape index (κ2) is 4.98. The predicted octanol–water partition coefficient (Wildman–Crippen LogP) is 1.67. The van der Waals surface area contributed by atoms with Crippen molar-refractivity contribution >= 4 is 22.9 Å². The first-order valence-electron chi connectivity index (χ1n) is 5.24. The highest BCUT2D eigenvalue weighted by molar-refractivity contribution is 7.80. The van der Waals surface area contributed by atoms with Gasteiger partial charge >= 0.3 is 0 Å².